The fraction of sp³-hybridized carbons (Fsp3) is 1.00. The van der Waals surface area contributed by atoms with Gasteiger partial charge in [-0.3, -0.25) is 4.90 Å². The van der Waals surface area contributed by atoms with Gasteiger partial charge in [-0.05, 0) is 25.8 Å². The van der Waals surface area contributed by atoms with Gasteiger partial charge >= 0.3 is 0 Å². The Morgan fingerprint density at radius 2 is 1.75 bits per heavy atom. The normalized spacial score (nSPS) is 24.8. The maximum Gasteiger partial charge on any atom is 0.214 e. The molecule has 6 heteroatoms. The molecule has 16 heavy (non-hydrogen) atoms. The number of nitrogens with two attached hydrogens (primary N) is 1. The summed E-state index contributed by atoms with van der Waals surface area (Å²) in [7, 11) is -3.05. The molecule has 0 aromatic rings. The van der Waals surface area contributed by atoms with Crippen molar-refractivity contribution in [3.8, 4) is 0 Å². The molecule has 0 unspecified atom stereocenters. The van der Waals surface area contributed by atoms with Gasteiger partial charge in [0.2, 0.25) is 10.0 Å². The Labute approximate surface area is 97.6 Å². The van der Waals surface area contributed by atoms with E-state index >= 15 is 0 Å². The summed E-state index contributed by atoms with van der Waals surface area (Å²) in [6.07, 6.45) is 3.14. The lowest BCUT2D eigenvalue weighted by molar-refractivity contribution is 0.180. The molecule has 1 aliphatic heterocycles. The van der Waals surface area contributed by atoms with Crippen molar-refractivity contribution in [2.24, 2.45) is 5.73 Å². The minimum Gasteiger partial charge on any atom is -0.330 e. The second-order valence-electron chi connectivity index (χ2n) is 4.62. The van der Waals surface area contributed by atoms with Crippen molar-refractivity contribution in [1.29, 1.82) is 0 Å². The molecule has 0 amide bonds. The fourth-order valence-corrected chi connectivity index (χ4v) is 3.69. The lowest BCUT2D eigenvalue weighted by Crippen LogP contribution is -2.49. The molecule has 0 spiro atoms. The number of hydrogen-bond acceptors (Lipinski definition) is 4. The Morgan fingerprint density at radius 1 is 1.12 bits per heavy atom. The summed E-state index contributed by atoms with van der Waals surface area (Å²) in [6, 6.07) is 0.744. The zero-order valence-electron chi connectivity index (χ0n) is 9.64. The first-order valence-corrected chi connectivity index (χ1v) is 7.66. The Balaban J connectivity index is 1.82. The van der Waals surface area contributed by atoms with Crippen molar-refractivity contribution in [3.05, 3.63) is 0 Å². The quantitative estimate of drug-likeness (QED) is 0.707. The molecule has 0 bridgehead atoms. The van der Waals surface area contributed by atoms with E-state index in [4.69, 9.17) is 5.73 Å². The van der Waals surface area contributed by atoms with Crippen LogP contribution in [-0.2, 0) is 10.0 Å². The predicted molar refractivity (Wildman–Crippen MR) is 63.6 cm³/mol. The van der Waals surface area contributed by atoms with E-state index < -0.39 is 10.0 Å². The van der Waals surface area contributed by atoms with Gasteiger partial charge in [0, 0.05) is 32.2 Å². The van der Waals surface area contributed by atoms with Gasteiger partial charge in [0.15, 0.2) is 0 Å². The molecule has 0 atom stereocenters. The Hall–Kier alpha value is -0.170. The third-order valence-corrected chi connectivity index (χ3v) is 5.29. The van der Waals surface area contributed by atoms with E-state index in [9.17, 15) is 8.42 Å². The highest BCUT2D eigenvalue weighted by Crippen LogP contribution is 2.27. The van der Waals surface area contributed by atoms with E-state index in [0.717, 1.165) is 19.1 Å². The summed E-state index contributed by atoms with van der Waals surface area (Å²) in [4.78, 5) is 2.41. The van der Waals surface area contributed by atoms with Crippen LogP contribution in [0.4, 0.5) is 0 Å². The topological polar surface area (TPSA) is 66.6 Å². The molecule has 0 radical (unpaired) electrons. The van der Waals surface area contributed by atoms with Crippen molar-refractivity contribution < 1.29 is 8.42 Å². The lowest BCUT2D eigenvalue weighted by atomic mass is 10.3. The molecule has 2 N–H and O–H groups in total. The van der Waals surface area contributed by atoms with Gasteiger partial charge < -0.3 is 5.73 Å². The average molecular weight is 247 g/mol. The fourth-order valence-electron chi connectivity index (χ4n) is 2.18. The summed E-state index contributed by atoms with van der Waals surface area (Å²) < 4.78 is 25.4. The SMILES string of the molecule is NCCCS(=O)(=O)N1CCN(C2CC2)CC1. The number of piperazine rings is 1. The second kappa shape index (κ2) is 5.00. The zero-order chi connectivity index (χ0) is 11.6. The third kappa shape index (κ3) is 2.94. The minimum atomic E-state index is -3.05. The van der Waals surface area contributed by atoms with Crippen molar-refractivity contribution in [3.63, 3.8) is 0 Å². The molecule has 2 rings (SSSR count). The van der Waals surface area contributed by atoms with Crippen LogP contribution >= 0.6 is 0 Å². The van der Waals surface area contributed by atoms with E-state index in [-0.39, 0.29) is 5.75 Å². The maximum absolute atomic E-state index is 11.9. The van der Waals surface area contributed by atoms with Crippen LogP contribution in [0, 0.1) is 0 Å². The van der Waals surface area contributed by atoms with Crippen molar-refractivity contribution in [2.75, 3.05) is 38.5 Å². The van der Waals surface area contributed by atoms with Crippen molar-refractivity contribution >= 4 is 10.0 Å². The Bertz CT molecular complexity index is 319. The lowest BCUT2D eigenvalue weighted by Gasteiger charge is -2.34. The van der Waals surface area contributed by atoms with Gasteiger partial charge in [-0.2, -0.15) is 4.31 Å². The monoisotopic (exact) mass is 247 g/mol. The summed E-state index contributed by atoms with van der Waals surface area (Å²) in [5.74, 6) is 0.201. The summed E-state index contributed by atoms with van der Waals surface area (Å²) in [5.41, 5.74) is 5.34. The van der Waals surface area contributed by atoms with Gasteiger partial charge in [0.1, 0.15) is 0 Å². The van der Waals surface area contributed by atoms with Crippen molar-refractivity contribution in [1.82, 2.24) is 9.21 Å². The van der Waals surface area contributed by atoms with Crippen LogP contribution in [0.3, 0.4) is 0 Å². The second-order valence-corrected chi connectivity index (χ2v) is 6.71. The van der Waals surface area contributed by atoms with E-state index in [1.165, 1.54) is 12.8 Å². The number of nitrogens with zero attached hydrogens (tertiary/aromatic N) is 2. The molecule has 1 aliphatic carbocycles. The molecule has 94 valence electrons. The van der Waals surface area contributed by atoms with Gasteiger partial charge in [-0.25, -0.2) is 8.42 Å². The summed E-state index contributed by atoms with van der Waals surface area (Å²) >= 11 is 0. The molecule has 5 nitrogen and oxygen atoms in total. The molecule has 0 aromatic carbocycles. The van der Waals surface area contributed by atoms with Gasteiger partial charge in [-0.1, -0.05) is 0 Å². The van der Waals surface area contributed by atoms with E-state index in [2.05, 4.69) is 4.90 Å². The molecular weight excluding hydrogens is 226 g/mol. The average Bonchev–Trinajstić information content (AvgIpc) is 3.10. The molecule has 1 heterocycles. The van der Waals surface area contributed by atoms with Gasteiger partial charge in [0.05, 0.1) is 5.75 Å². The number of hydrogen-bond donors (Lipinski definition) is 1. The Kier molecular flexibility index (Phi) is 3.84. The van der Waals surface area contributed by atoms with Gasteiger partial charge in [-0.15, -0.1) is 0 Å². The summed E-state index contributed by atoms with van der Waals surface area (Å²) in [5, 5.41) is 0. The number of rotatable bonds is 5. The zero-order valence-corrected chi connectivity index (χ0v) is 10.5. The molecular formula is C10H21N3O2S. The molecule has 0 aromatic heterocycles. The third-order valence-electron chi connectivity index (χ3n) is 3.34. The largest absolute Gasteiger partial charge is 0.330 e. The minimum absolute atomic E-state index is 0.201. The van der Waals surface area contributed by atoms with Crippen LogP contribution < -0.4 is 5.73 Å². The molecule has 1 saturated heterocycles. The van der Waals surface area contributed by atoms with Gasteiger partial charge in [0.25, 0.3) is 0 Å². The van der Waals surface area contributed by atoms with Crippen LogP contribution in [0.1, 0.15) is 19.3 Å². The standard InChI is InChI=1S/C10H21N3O2S/c11-4-1-9-16(14,15)13-7-5-12(6-8-13)10-2-3-10/h10H,1-9,11H2. The first-order chi connectivity index (χ1) is 7.63. The van der Waals surface area contributed by atoms with E-state index in [1.54, 1.807) is 4.31 Å². The van der Waals surface area contributed by atoms with Crippen LogP contribution in [0.5, 0.6) is 0 Å². The summed E-state index contributed by atoms with van der Waals surface area (Å²) in [6.45, 7) is 3.55. The Morgan fingerprint density at radius 3 is 2.25 bits per heavy atom. The van der Waals surface area contributed by atoms with E-state index in [0.29, 0.717) is 26.1 Å². The highest BCUT2D eigenvalue weighted by molar-refractivity contribution is 7.89. The molecule has 2 fully saturated rings. The molecule has 1 saturated carbocycles. The first-order valence-electron chi connectivity index (χ1n) is 6.05. The predicted octanol–water partition coefficient (Wildman–Crippen LogP) is -0.555. The van der Waals surface area contributed by atoms with Crippen LogP contribution in [0.25, 0.3) is 0 Å². The van der Waals surface area contributed by atoms with Crippen LogP contribution in [0.2, 0.25) is 0 Å². The maximum atomic E-state index is 11.9. The molecule has 2 aliphatic rings. The highest BCUT2D eigenvalue weighted by atomic mass is 32.2. The highest BCUT2D eigenvalue weighted by Gasteiger charge is 2.33. The van der Waals surface area contributed by atoms with Crippen molar-refractivity contribution in [2.45, 2.75) is 25.3 Å². The van der Waals surface area contributed by atoms with Crippen LogP contribution in [0.15, 0.2) is 0 Å². The van der Waals surface area contributed by atoms with E-state index in [1.807, 2.05) is 0 Å². The first kappa shape index (κ1) is 12.3. The smallest absolute Gasteiger partial charge is 0.214 e. The van der Waals surface area contributed by atoms with Crippen LogP contribution in [-0.4, -0.2) is 62.1 Å². The number of sulfonamides is 1.